The summed E-state index contributed by atoms with van der Waals surface area (Å²) in [5, 5.41) is 9.53. The van der Waals surface area contributed by atoms with Crippen molar-refractivity contribution >= 4 is 37.8 Å². The fourth-order valence-corrected chi connectivity index (χ4v) is 2.38. The largest absolute Gasteiger partial charge is 0.469 e. The van der Waals surface area contributed by atoms with Gasteiger partial charge in [0.05, 0.1) is 19.1 Å². The lowest BCUT2D eigenvalue weighted by molar-refractivity contribution is -0.139. The first-order valence-electron chi connectivity index (χ1n) is 4.46. The second-order valence-corrected chi connectivity index (χ2v) is 4.53. The van der Waals surface area contributed by atoms with Gasteiger partial charge in [-0.15, -0.1) is 0 Å². The zero-order valence-corrected chi connectivity index (χ0v) is 11.8. The molecule has 0 unspecified atom stereocenters. The van der Waals surface area contributed by atoms with Gasteiger partial charge in [0.2, 0.25) is 0 Å². The Morgan fingerprint density at radius 2 is 2.25 bits per heavy atom. The van der Waals surface area contributed by atoms with Crippen molar-refractivity contribution in [1.82, 2.24) is 0 Å². The Hall–Kier alpha value is -0.860. The van der Waals surface area contributed by atoms with Crippen LogP contribution >= 0.6 is 31.9 Å². The molecular weight excluding hydrogens is 338 g/mol. The highest BCUT2D eigenvalue weighted by Gasteiger charge is 2.10. The summed E-state index contributed by atoms with van der Waals surface area (Å²) in [6.07, 6.45) is 0.209. The molecule has 0 aliphatic rings. The van der Waals surface area contributed by atoms with Crippen LogP contribution in [0.25, 0.3) is 0 Å². The summed E-state index contributed by atoms with van der Waals surface area (Å²) in [7, 11) is 1.35. The molecule has 0 aliphatic carbocycles. The van der Waals surface area contributed by atoms with Crippen LogP contribution in [0.2, 0.25) is 0 Å². The number of ether oxygens (including phenoxy) is 1. The highest BCUT2D eigenvalue weighted by molar-refractivity contribution is 9.10. The van der Waals surface area contributed by atoms with E-state index >= 15 is 0 Å². The maximum Gasteiger partial charge on any atom is 0.309 e. The van der Waals surface area contributed by atoms with Crippen LogP contribution in [0.4, 0.5) is 0 Å². The molecule has 84 valence electrons. The second-order valence-electron chi connectivity index (χ2n) is 3.11. The highest BCUT2D eigenvalue weighted by Crippen LogP contribution is 2.24. The summed E-state index contributed by atoms with van der Waals surface area (Å²) >= 11 is 6.63. The van der Waals surface area contributed by atoms with Crippen LogP contribution in [0.1, 0.15) is 16.7 Å². The number of hydrogen-bond donors (Lipinski definition) is 0. The van der Waals surface area contributed by atoms with E-state index in [2.05, 4.69) is 42.7 Å². The zero-order valence-electron chi connectivity index (χ0n) is 8.59. The maximum atomic E-state index is 11.1. The Balaban J connectivity index is 3.11. The Morgan fingerprint density at radius 1 is 1.56 bits per heavy atom. The van der Waals surface area contributed by atoms with Gasteiger partial charge in [-0.3, -0.25) is 4.79 Å². The van der Waals surface area contributed by atoms with Crippen molar-refractivity contribution in [3.63, 3.8) is 0 Å². The van der Waals surface area contributed by atoms with E-state index in [0.29, 0.717) is 15.4 Å². The molecule has 0 fully saturated rings. The number of rotatable bonds is 3. The minimum absolute atomic E-state index is 0.209. The number of halogens is 2. The Kier molecular flexibility index (Phi) is 4.97. The van der Waals surface area contributed by atoms with Crippen molar-refractivity contribution in [3.05, 3.63) is 33.3 Å². The molecule has 0 saturated heterocycles. The number of benzene rings is 1. The van der Waals surface area contributed by atoms with Crippen LogP contribution in [0, 0.1) is 11.3 Å². The van der Waals surface area contributed by atoms with Crippen LogP contribution in [-0.2, 0) is 21.3 Å². The third-order valence-electron chi connectivity index (χ3n) is 2.06. The summed E-state index contributed by atoms with van der Waals surface area (Å²) in [5.74, 6) is -0.294. The normalized spacial score (nSPS) is 9.62. The molecule has 0 radical (unpaired) electrons. The molecule has 5 heteroatoms. The third kappa shape index (κ3) is 3.06. The van der Waals surface area contributed by atoms with Crippen LogP contribution in [-0.4, -0.2) is 13.1 Å². The number of carbonyl (C=O) groups is 1. The lowest BCUT2D eigenvalue weighted by Gasteiger charge is -2.06. The molecule has 0 N–H and O–H groups in total. The Morgan fingerprint density at radius 3 is 2.75 bits per heavy atom. The summed E-state index contributed by atoms with van der Waals surface area (Å²) < 4.78 is 5.29. The molecule has 0 spiro atoms. The van der Waals surface area contributed by atoms with E-state index in [1.165, 1.54) is 7.11 Å². The number of alkyl halides is 1. The molecule has 1 rings (SSSR count). The third-order valence-corrected chi connectivity index (χ3v) is 3.29. The van der Waals surface area contributed by atoms with Gasteiger partial charge in [0.25, 0.3) is 0 Å². The number of methoxy groups -OCH3 is 1. The standard InChI is InChI=1S/C11H9Br2NO2/c1-16-11(15)4-7-2-8(5-12)9(6-14)10(13)3-7/h2-3H,4-5H2,1H3. The average molecular weight is 347 g/mol. The number of nitrogens with zero attached hydrogens (tertiary/aromatic N) is 1. The van der Waals surface area contributed by atoms with E-state index in [9.17, 15) is 4.79 Å². The topological polar surface area (TPSA) is 50.1 Å². The smallest absolute Gasteiger partial charge is 0.309 e. The van der Waals surface area contributed by atoms with Crippen molar-refractivity contribution in [2.75, 3.05) is 7.11 Å². The van der Waals surface area contributed by atoms with Gasteiger partial charge < -0.3 is 4.74 Å². The first-order valence-corrected chi connectivity index (χ1v) is 6.38. The van der Waals surface area contributed by atoms with Gasteiger partial charge in [0, 0.05) is 9.80 Å². The Labute approximate surface area is 111 Å². The maximum absolute atomic E-state index is 11.1. The lowest BCUT2D eigenvalue weighted by Crippen LogP contribution is -2.05. The molecule has 0 heterocycles. The van der Waals surface area contributed by atoms with Crippen molar-refractivity contribution in [2.24, 2.45) is 0 Å². The van der Waals surface area contributed by atoms with Crippen LogP contribution < -0.4 is 0 Å². The van der Waals surface area contributed by atoms with Gasteiger partial charge in [-0.2, -0.15) is 5.26 Å². The van der Waals surface area contributed by atoms with E-state index in [4.69, 9.17) is 5.26 Å². The van der Waals surface area contributed by atoms with Crippen LogP contribution in [0.15, 0.2) is 16.6 Å². The summed E-state index contributed by atoms with van der Waals surface area (Å²) in [4.78, 5) is 11.1. The minimum atomic E-state index is -0.294. The van der Waals surface area contributed by atoms with Gasteiger partial charge in [0.15, 0.2) is 0 Å². The molecule has 0 aliphatic heterocycles. The number of carbonyl (C=O) groups excluding carboxylic acids is 1. The highest BCUT2D eigenvalue weighted by atomic mass is 79.9. The summed E-state index contributed by atoms with van der Waals surface area (Å²) in [5.41, 5.74) is 2.27. The predicted octanol–water partition coefficient (Wildman–Crippen LogP) is 2.93. The van der Waals surface area contributed by atoms with E-state index in [0.717, 1.165) is 11.1 Å². The van der Waals surface area contributed by atoms with Crippen molar-refractivity contribution < 1.29 is 9.53 Å². The summed E-state index contributed by atoms with van der Waals surface area (Å²) in [6, 6.07) is 5.71. The van der Waals surface area contributed by atoms with Crippen molar-refractivity contribution in [3.8, 4) is 6.07 Å². The minimum Gasteiger partial charge on any atom is -0.469 e. The van der Waals surface area contributed by atoms with Crippen molar-refractivity contribution in [1.29, 1.82) is 5.26 Å². The first-order chi connectivity index (χ1) is 7.62. The summed E-state index contributed by atoms with van der Waals surface area (Å²) in [6.45, 7) is 0. The van der Waals surface area contributed by atoms with Crippen LogP contribution in [0.3, 0.4) is 0 Å². The fraction of sp³-hybridized carbons (Fsp3) is 0.273. The monoisotopic (exact) mass is 345 g/mol. The molecule has 3 nitrogen and oxygen atoms in total. The zero-order chi connectivity index (χ0) is 12.1. The first kappa shape index (κ1) is 13.2. The molecule has 0 aromatic heterocycles. The van der Waals surface area contributed by atoms with Gasteiger partial charge >= 0.3 is 5.97 Å². The lowest BCUT2D eigenvalue weighted by atomic mass is 10.0. The van der Waals surface area contributed by atoms with Crippen molar-refractivity contribution in [2.45, 2.75) is 11.8 Å². The second kappa shape index (κ2) is 6.02. The van der Waals surface area contributed by atoms with E-state index in [-0.39, 0.29) is 12.4 Å². The van der Waals surface area contributed by atoms with Gasteiger partial charge in [-0.05, 0) is 33.1 Å². The predicted molar refractivity (Wildman–Crippen MR) is 67.2 cm³/mol. The van der Waals surface area contributed by atoms with E-state index in [1.54, 1.807) is 6.07 Å². The molecule has 1 aromatic rings. The van der Waals surface area contributed by atoms with E-state index in [1.807, 2.05) is 6.07 Å². The fourth-order valence-electron chi connectivity index (χ4n) is 1.30. The van der Waals surface area contributed by atoms with Gasteiger partial charge in [0.1, 0.15) is 6.07 Å². The molecular formula is C11H9Br2NO2. The average Bonchev–Trinajstić information content (AvgIpc) is 2.28. The molecule has 0 saturated carbocycles. The quantitative estimate of drug-likeness (QED) is 0.624. The van der Waals surface area contributed by atoms with Gasteiger partial charge in [-0.25, -0.2) is 0 Å². The molecule has 16 heavy (non-hydrogen) atoms. The number of esters is 1. The van der Waals surface area contributed by atoms with Gasteiger partial charge in [-0.1, -0.05) is 22.0 Å². The molecule has 0 amide bonds. The van der Waals surface area contributed by atoms with Crippen LogP contribution in [0.5, 0.6) is 0 Å². The number of hydrogen-bond acceptors (Lipinski definition) is 3. The van der Waals surface area contributed by atoms with E-state index < -0.39 is 0 Å². The SMILES string of the molecule is COC(=O)Cc1cc(Br)c(C#N)c(CBr)c1. The molecule has 0 bridgehead atoms. The number of nitriles is 1. The molecule has 1 aromatic carbocycles. The molecule has 0 atom stereocenters. The Bertz CT molecular complexity index is 452.